The first-order valence-corrected chi connectivity index (χ1v) is 10.3. The van der Waals surface area contributed by atoms with E-state index in [1.54, 1.807) is 13.8 Å². The van der Waals surface area contributed by atoms with E-state index in [1.807, 2.05) is 26.2 Å². The van der Waals surface area contributed by atoms with E-state index in [4.69, 9.17) is 4.74 Å². The van der Waals surface area contributed by atoms with Crippen LogP contribution in [0.3, 0.4) is 0 Å². The number of hydrogen-bond acceptors (Lipinski definition) is 3. The maximum absolute atomic E-state index is 11.7. The Balaban J connectivity index is 2.03. The van der Waals surface area contributed by atoms with Crippen molar-refractivity contribution in [2.75, 3.05) is 0 Å². The maximum atomic E-state index is 11.7. The van der Waals surface area contributed by atoms with Gasteiger partial charge in [-0.25, -0.2) is 4.79 Å². The van der Waals surface area contributed by atoms with Gasteiger partial charge in [-0.1, -0.05) is 6.42 Å². The third-order valence-electron chi connectivity index (χ3n) is 5.97. The molecule has 3 heterocycles. The number of aliphatic carboxylic acids is 1. The Hall–Kier alpha value is -2.82. The number of carbonyl (C=O) groups is 1. The molecule has 4 rings (SSSR count). The van der Waals surface area contributed by atoms with Crippen molar-refractivity contribution in [3.8, 4) is 16.9 Å². The van der Waals surface area contributed by atoms with Crippen LogP contribution in [0.15, 0.2) is 30.6 Å². The molecule has 1 aliphatic heterocycles. The van der Waals surface area contributed by atoms with Crippen LogP contribution >= 0.6 is 0 Å². The Kier molecular flexibility index (Phi) is 4.85. The number of pyridine rings is 1. The Morgan fingerprint density at radius 2 is 1.90 bits per heavy atom. The zero-order chi connectivity index (χ0) is 20.8. The summed E-state index contributed by atoms with van der Waals surface area (Å²) in [5, 5.41) is 10.7. The van der Waals surface area contributed by atoms with Gasteiger partial charge in [-0.3, -0.25) is 4.98 Å². The molecule has 152 valence electrons. The number of benzene rings is 1. The van der Waals surface area contributed by atoms with Gasteiger partial charge < -0.3 is 14.4 Å². The zero-order valence-corrected chi connectivity index (χ0v) is 17.6. The summed E-state index contributed by atoms with van der Waals surface area (Å²) < 4.78 is 8.52. The van der Waals surface area contributed by atoms with Gasteiger partial charge in [0.2, 0.25) is 0 Å². The summed E-state index contributed by atoms with van der Waals surface area (Å²) in [5.41, 5.74) is 5.63. The molecule has 5 nitrogen and oxygen atoms in total. The molecule has 1 aromatic carbocycles. The van der Waals surface area contributed by atoms with Gasteiger partial charge in [0.05, 0.1) is 0 Å². The molecule has 0 aliphatic carbocycles. The lowest BCUT2D eigenvalue weighted by Crippen LogP contribution is -2.38. The Labute approximate surface area is 171 Å². The second kappa shape index (κ2) is 7.21. The summed E-state index contributed by atoms with van der Waals surface area (Å²) in [4.78, 5) is 15.9. The fraction of sp³-hybridized carbons (Fsp3) is 0.417. The first-order chi connectivity index (χ1) is 13.8. The quantitative estimate of drug-likeness (QED) is 0.655. The largest absolute Gasteiger partial charge is 0.478 e. The van der Waals surface area contributed by atoms with Gasteiger partial charge >= 0.3 is 5.97 Å². The van der Waals surface area contributed by atoms with Crippen LogP contribution in [0.4, 0.5) is 0 Å². The fourth-order valence-corrected chi connectivity index (χ4v) is 4.44. The molecule has 0 atom stereocenters. The van der Waals surface area contributed by atoms with Gasteiger partial charge in [0.25, 0.3) is 0 Å². The van der Waals surface area contributed by atoms with Crippen LogP contribution in [-0.2, 0) is 17.8 Å². The summed E-state index contributed by atoms with van der Waals surface area (Å²) in [7, 11) is 0. The van der Waals surface area contributed by atoms with E-state index in [9.17, 15) is 9.90 Å². The zero-order valence-electron chi connectivity index (χ0n) is 17.6. The van der Waals surface area contributed by atoms with Gasteiger partial charge in [-0.15, -0.1) is 0 Å². The standard InChI is InChI=1S/C24H28N2O3/c1-15-14-19-20(16(2)22(15)29-24(3,4)23(27)28)21(17-9-11-25-12-10-17)18-8-6-5-7-13-26(18)19/h9-12,14H,5-8,13H2,1-4H3,(H,27,28). The molecule has 0 amide bonds. The van der Waals surface area contributed by atoms with E-state index < -0.39 is 11.6 Å². The van der Waals surface area contributed by atoms with Gasteiger partial charge in [-0.05, 0) is 76.3 Å². The van der Waals surface area contributed by atoms with E-state index in [0.29, 0.717) is 5.75 Å². The molecular formula is C24H28N2O3. The van der Waals surface area contributed by atoms with Crippen molar-refractivity contribution in [3.63, 3.8) is 0 Å². The van der Waals surface area contributed by atoms with Gasteiger partial charge in [-0.2, -0.15) is 0 Å². The first kappa shape index (κ1) is 19.5. The van der Waals surface area contributed by atoms with Crippen molar-refractivity contribution < 1.29 is 14.6 Å². The minimum absolute atomic E-state index is 0.668. The van der Waals surface area contributed by atoms with Crippen LogP contribution in [0.2, 0.25) is 0 Å². The lowest BCUT2D eigenvalue weighted by atomic mass is 9.96. The van der Waals surface area contributed by atoms with Gasteiger partial charge in [0.15, 0.2) is 5.60 Å². The van der Waals surface area contributed by atoms with Gasteiger partial charge in [0, 0.05) is 46.7 Å². The summed E-state index contributed by atoms with van der Waals surface area (Å²) in [6.07, 6.45) is 8.30. The van der Waals surface area contributed by atoms with E-state index in [0.717, 1.165) is 35.0 Å². The normalized spacial score (nSPS) is 14.5. The van der Waals surface area contributed by atoms with Crippen LogP contribution in [0.5, 0.6) is 5.75 Å². The third kappa shape index (κ3) is 3.28. The number of carboxylic acids is 1. The molecule has 29 heavy (non-hydrogen) atoms. The Morgan fingerprint density at radius 3 is 2.59 bits per heavy atom. The lowest BCUT2D eigenvalue weighted by molar-refractivity contribution is -0.152. The van der Waals surface area contributed by atoms with Gasteiger partial charge in [0.1, 0.15) is 5.75 Å². The molecule has 0 unspecified atom stereocenters. The molecule has 0 fully saturated rings. The molecule has 0 spiro atoms. The van der Waals surface area contributed by atoms with Crippen LogP contribution in [0.1, 0.15) is 49.9 Å². The predicted octanol–water partition coefficient (Wildman–Crippen LogP) is 5.29. The van der Waals surface area contributed by atoms with Crippen molar-refractivity contribution >= 4 is 16.9 Å². The number of nitrogens with zero attached hydrogens (tertiary/aromatic N) is 2. The first-order valence-electron chi connectivity index (χ1n) is 10.3. The number of rotatable bonds is 4. The number of fused-ring (bicyclic) bond motifs is 3. The van der Waals surface area contributed by atoms with E-state index in [1.165, 1.54) is 36.0 Å². The predicted molar refractivity (Wildman–Crippen MR) is 115 cm³/mol. The second-order valence-electron chi connectivity index (χ2n) is 8.48. The highest BCUT2D eigenvalue weighted by Crippen LogP contribution is 2.43. The summed E-state index contributed by atoms with van der Waals surface area (Å²) in [6.45, 7) is 8.25. The second-order valence-corrected chi connectivity index (χ2v) is 8.48. The molecule has 0 radical (unpaired) electrons. The molecule has 1 N–H and O–H groups in total. The van der Waals surface area contributed by atoms with Crippen LogP contribution in [-0.4, -0.2) is 26.2 Å². The minimum atomic E-state index is -1.29. The molecule has 0 saturated heterocycles. The molecule has 5 heteroatoms. The van der Waals surface area contributed by atoms with Crippen LogP contribution in [0, 0.1) is 13.8 Å². The van der Waals surface area contributed by atoms with Crippen molar-refractivity contribution in [1.29, 1.82) is 0 Å². The van der Waals surface area contributed by atoms with Crippen molar-refractivity contribution in [3.05, 3.63) is 47.4 Å². The molecule has 1 aliphatic rings. The number of aryl methyl sites for hydroxylation is 3. The van der Waals surface area contributed by atoms with Crippen molar-refractivity contribution in [1.82, 2.24) is 9.55 Å². The Morgan fingerprint density at radius 1 is 1.17 bits per heavy atom. The number of hydrogen-bond donors (Lipinski definition) is 1. The average Bonchev–Trinajstić information content (AvgIpc) is 2.83. The molecule has 2 aromatic heterocycles. The number of aromatic nitrogens is 2. The fourth-order valence-electron chi connectivity index (χ4n) is 4.44. The SMILES string of the molecule is Cc1cc2c(c(C)c1OC(C)(C)C(=O)O)c(-c1ccncc1)c1n2CCCCC1. The third-order valence-corrected chi connectivity index (χ3v) is 5.97. The summed E-state index contributed by atoms with van der Waals surface area (Å²) >= 11 is 0. The molecule has 0 bridgehead atoms. The molecule has 0 saturated carbocycles. The van der Waals surface area contributed by atoms with E-state index in [2.05, 4.69) is 27.8 Å². The summed E-state index contributed by atoms with van der Waals surface area (Å²) in [5.74, 6) is -0.306. The van der Waals surface area contributed by atoms with E-state index in [-0.39, 0.29) is 0 Å². The van der Waals surface area contributed by atoms with Crippen molar-refractivity contribution in [2.24, 2.45) is 0 Å². The highest BCUT2D eigenvalue weighted by Gasteiger charge is 2.32. The molecular weight excluding hydrogens is 364 g/mol. The van der Waals surface area contributed by atoms with Crippen LogP contribution < -0.4 is 4.74 Å². The number of carboxylic acid groups (broad SMARTS) is 1. The lowest BCUT2D eigenvalue weighted by Gasteiger charge is -2.25. The highest BCUT2D eigenvalue weighted by molar-refractivity contribution is 6.02. The van der Waals surface area contributed by atoms with E-state index >= 15 is 0 Å². The van der Waals surface area contributed by atoms with Crippen molar-refractivity contribution in [2.45, 2.75) is 65.5 Å². The summed E-state index contributed by atoms with van der Waals surface area (Å²) in [6, 6.07) is 6.28. The number of ether oxygens (including phenoxy) is 1. The highest BCUT2D eigenvalue weighted by atomic mass is 16.5. The monoisotopic (exact) mass is 392 g/mol. The minimum Gasteiger partial charge on any atom is -0.478 e. The average molecular weight is 392 g/mol. The molecule has 3 aromatic rings. The Bertz CT molecular complexity index is 1080. The van der Waals surface area contributed by atoms with Crippen LogP contribution in [0.25, 0.3) is 22.0 Å². The maximum Gasteiger partial charge on any atom is 0.347 e. The smallest absolute Gasteiger partial charge is 0.347 e. The topological polar surface area (TPSA) is 64.3 Å².